The molecule has 4 N–H and O–H groups in total. The van der Waals surface area contributed by atoms with Crippen molar-refractivity contribution in [3.8, 4) is 0 Å². The van der Waals surface area contributed by atoms with E-state index in [0.29, 0.717) is 12.1 Å². The second-order valence-electron chi connectivity index (χ2n) is 4.65. The lowest BCUT2D eigenvalue weighted by molar-refractivity contribution is 0.0999. The van der Waals surface area contributed by atoms with Gasteiger partial charge in [0.15, 0.2) is 0 Å². The molecule has 1 fully saturated rings. The minimum Gasteiger partial charge on any atom is -0.366 e. The summed E-state index contributed by atoms with van der Waals surface area (Å²) in [4.78, 5) is 11.3. The van der Waals surface area contributed by atoms with Crippen molar-refractivity contribution >= 4 is 15.9 Å². The van der Waals surface area contributed by atoms with Crippen molar-refractivity contribution in [2.75, 3.05) is 13.1 Å². The highest BCUT2D eigenvalue weighted by molar-refractivity contribution is 7.89. The second-order valence-corrected chi connectivity index (χ2v) is 6.37. The Morgan fingerprint density at radius 2 is 2.21 bits per heavy atom. The van der Waals surface area contributed by atoms with Gasteiger partial charge in [0.1, 0.15) is 0 Å². The van der Waals surface area contributed by atoms with Crippen LogP contribution in [0, 0.1) is 6.92 Å². The summed E-state index contributed by atoms with van der Waals surface area (Å²) in [5.41, 5.74) is 6.12. The minimum atomic E-state index is -3.61. The molecule has 0 radical (unpaired) electrons. The number of nitrogens with one attached hydrogen (secondary N) is 2. The van der Waals surface area contributed by atoms with Crippen LogP contribution < -0.4 is 15.8 Å². The number of hydrogen-bond acceptors (Lipinski definition) is 4. The largest absolute Gasteiger partial charge is 0.366 e. The number of nitrogens with two attached hydrogens (primary N) is 1. The van der Waals surface area contributed by atoms with Gasteiger partial charge < -0.3 is 11.1 Å². The minimum absolute atomic E-state index is 0.0683. The van der Waals surface area contributed by atoms with Gasteiger partial charge in [0.25, 0.3) is 0 Å². The Balaban J connectivity index is 2.29. The molecule has 0 saturated carbocycles. The summed E-state index contributed by atoms with van der Waals surface area (Å²) in [5, 5.41) is 3.08. The van der Waals surface area contributed by atoms with E-state index in [0.717, 1.165) is 13.0 Å². The Labute approximate surface area is 112 Å². The molecule has 19 heavy (non-hydrogen) atoms. The number of amides is 1. The van der Waals surface area contributed by atoms with E-state index in [4.69, 9.17) is 5.73 Å². The van der Waals surface area contributed by atoms with E-state index in [-0.39, 0.29) is 16.5 Å². The topological polar surface area (TPSA) is 101 Å². The van der Waals surface area contributed by atoms with Crippen LogP contribution in [0.25, 0.3) is 0 Å². The van der Waals surface area contributed by atoms with Crippen molar-refractivity contribution in [1.29, 1.82) is 0 Å². The molecule has 1 unspecified atom stereocenters. The first-order valence-corrected chi connectivity index (χ1v) is 7.52. The third kappa shape index (κ3) is 3.12. The van der Waals surface area contributed by atoms with Gasteiger partial charge >= 0.3 is 0 Å². The van der Waals surface area contributed by atoms with Gasteiger partial charge in [-0.05, 0) is 37.6 Å². The Hall–Kier alpha value is -1.44. The number of carbonyl (C=O) groups excluding carboxylic acids is 1. The molecule has 6 nitrogen and oxygen atoms in total. The van der Waals surface area contributed by atoms with Crippen LogP contribution in [0.1, 0.15) is 22.3 Å². The zero-order valence-electron chi connectivity index (χ0n) is 10.6. The fourth-order valence-electron chi connectivity index (χ4n) is 2.08. The highest BCUT2D eigenvalue weighted by Gasteiger charge is 2.23. The van der Waals surface area contributed by atoms with Crippen molar-refractivity contribution in [2.45, 2.75) is 24.3 Å². The molecule has 1 atom stereocenters. The summed E-state index contributed by atoms with van der Waals surface area (Å²) in [7, 11) is -3.61. The Bertz CT molecular complexity index is 592. The van der Waals surface area contributed by atoms with Gasteiger partial charge in [-0.3, -0.25) is 4.79 Å². The lowest BCUT2D eigenvalue weighted by atomic mass is 10.1. The molecule has 1 amide bonds. The van der Waals surface area contributed by atoms with Gasteiger partial charge in [0.05, 0.1) is 4.90 Å². The molecule has 7 heteroatoms. The fourth-order valence-corrected chi connectivity index (χ4v) is 3.37. The summed E-state index contributed by atoms with van der Waals surface area (Å²) >= 11 is 0. The van der Waals surface area contributed by atoms with Gasteiger partial charge in [-0.2, -0.15) is 0 Å². The number of rotatable bonds is 4. The average Bonchev–Trinajstić information content (AvgIpc) is 2.80. The zero-order valence-corrected chi connectivity index (χ0v) is 11.5. The zero-order chi connectivity index (χ0) is 14.0. The molecule has 2 rings (SSSR count). The smallest absolute Gasteiger partial charge is 0.249 e. The molecule has 1 aliphatic rings. The second kappa shape index (κ2) is 5.28. The molecule has 1 saturated heterocycles. The predicted octanol–water partition coefficient (Wildman–Crippen LogP) is -0.266. The number of sulfonamides is 1. The van der Waals surface area contributed by atoms with Crippen LogP contribution in [-0.4, -0.2) is 33.5 Å². The molecular formula is C12H17N3O3S. The van der Waals surface area contributed by atoms with E-state index >= 15 is 0 Å². The third-order valence-corrected chi connectivity index (χ3v) is 4.69. The molecular weight excluding hydrogens is 266 g/mol. The van der Waals surface area contributed by atoms with Crippen LogP contribution in [0.5, 0.6) is 0 Å². The van der Waals surface area contributed by atoms with Crippen LogP contribution in [0.15, 0.2) is 23.1 Å². The Morgan fingerprint density at radius 1 is 1.47 bits per heavy atom. The first-order valence-electron chi connectivity index (χ1n) is 6.03. The van der Waals surface area contributed by atoms with E-state index in [9.17, 15) is 13.2 Å². The van der Waals surface area contributed by atoms with Gasteiger partial charge in [0.2, 0.25) is 15.9 Å². The summed E-state index contributed by atoms with van der Waals surface area (Å²) < 4.78 is 27.0. The average molecular weight is 283 g/mol. The number of aryl methyl sites for hydroxylation is 1. The molecule has 0 spiro atoms. The van der Waals surface area contributed by atoms with Crippen molar-refractivity contribution in [1.82, 2.24) is 10.0 Å². The lowest BCUT2D eigenvalue weighted by Gasteiger charge is -2.13. The highest BCUT2D eigenvalue weighted by Crippen LogP contribution is 2.16. The van der Waals surface area contributed by atoms with Crippen LogP contribution in [-0.2, 0) is 10.0 Å². The molecule has 0 bridgehead atoms. The highest BCUT2D eigenvalue weighted by atomic mass is 32.2. The SMILES string of the molecule is Cc1ccc(S(=O)(=O)NC2CCNC2)cc1C(N)=O. The maximum absolute atomic E-state index is 12.2. The van der Waals surface area contributed by atoms with E-state index in [1.54, 1.807) is 13.0 Å². The first-order chi connectivity index (χ1) is 8.90. The van der Waals surface area contributed by atoms with Crippen LogP contribution >= 0.6 is 0 Å². The molecule has 1 aliphatic heterocycles. The Kier molecular flexibility index (Phi) is 3.88. The first kappa shape index (κ1) is 14.0. The van der Waals surface area contributed by atoms with Crippen molar-refractivity contribution in [2.24, 2.45) is 5.73 Å². The maximum Gasteiger partial charge on any atom is 0.249 e. The van der Waals surface area contributed by atoms with Gasteiger partial charge in [-0.15, -0.1) is 0 Å². The molecule has 1 heterocycles. The van der Waals surface area contributed by atoms with Crippen LogP contribution in [0.4, 0.5) is 0 Å². The standard InChI is InChI=1S/C12H17N3O3S/c1-8-2-3-10(6-11(8)12(13)16)19(17,18)15-9-4-5-14-7-9/h2-3,6,9,14-15H,4-5,7H2,1H3,(H2,13,16). The van der Waals surface area contributed by atoms with Crippen LogP contribution in [0.2, 0.25) is 0 Å². The van der Waals surface area contributed by atoms with Crippen molar-refractivity contribution in [3.05, 3.63) is 29.3 Å². The Morgan fingerprint density at radius 3 is 2.79 bits per heavy atom. The van der Waals surface area contributed by atoms with E-state index in [2.05, 4.69) is 10.0 Å². The van der Waals surface area contributed by atoms with Crippen molar-refractivity contribution in [3.63, 3.8) is 0 Å². The maximum atomic E-state index is 12.2. The van der Waals surface area contributed by atoms with Gasteiger partial charge in [-0.25, -0.2) is 13.1 Å². The summed E-state index contributed by atoms with van der Waals surface area (Å²) in [5.74, 6) is -0.628. The number of carbonyl (C=O) groups is 1. The number of hydrogen-bond donors (Lipinski definition) is 3. The lowest BCUT2D eigenvalue weighted by Crippen LogP contribution is -2.36. The van der Waals surface area contributed by atoms with Crippen molar-refractivity contribution < 1.29 is 13.2 Å². The third-order valence-electron chi connectivity index (χ3n) is 3.17. The molecule has 0 aliphatic carbocycles. The molecule has 1 aromatic rings. The fraction of sp³-hybridized carbons (Fsp3) is 0.417. The van der Waals surface area contributed by atoms with Gasteiger partial charge in [0, 0.05) is 18.2 Å². The molecule has 1 aromatic carbocycles. The summed E-state index contributed by atoms with van der Waals surface area (Å²) in [6.45, 7) is 3.13. The van der Waals surface area contributed by atoms with E-state index in [1.807, 2.05) is 0 Å². The van der Waals surface area contributed by atoms with E-state index in [1.165, 1.54) is 12.1 Å². The van der Waals surface area contributed by atoms with E-state index < -0.39 is 15.9 Å². The summed E-state index contributed by atoms with van der Waals surface area (Å²) in [6.07, 6.45) is 0.758. The van der Waals surface area contributed by atoms with Crippen LogP contribution in [0.3, 0.4) is 0 Å². The quantitative estimate of drug-likeness (QED) is 0.708. The molecule has 104 valence electrons. The monoisotopic (exact) mass is 283 g/mol. The number of benzene rings is 1. The number of primary amides is 1. The van der Waals surface area contributed by atoms with Gasteiger partial charge in [-0.1, -0.05) is 6.07 Å². The predicted molar refractivity (Wildman–Crippen MR) is 71.3 cm³/mol. The molecule has 0 aromatic heterocycles. The normalized spacial score (nSPS) is 19.5. The summed E-state index contributed by atoms with van der Waals surface area (Å²) in [6, 6.07) is 4.28.